The highest BCUT2D eigenvalue weighted by Gasteiger charge is 2.22. The van der Waals surface area contributed by atoms with Crippen molar-refractivity contribution in [2.75, 3.05) is 7.11 Å². The lowest BCUT2D eigenvalue weighted by molar-refractivity contribution is -0.134. The summed E-state index contributed by atoms with van der Waals surface area (Å²) in [5.41, 5.74) is 0.748. The van der Waals surface area contributed by atoms with E-state index in [1.807, 2.05) is 0 Å². The van der Waals surface area contributed by atoms with E-state index in [4.69, 9.17) is 0 Å². The van der Waals surface area contributed by atoms with E-state index in [0.717, 1.165) is 5.57 Å². The summed E-state index contributed by atoms with van der Waals surface area (Å²) in [5.74, 6) is -0.434. The van der Waals surface area contributed by atoms with Crippen molar-refractivity contribution < 1.29 is 19.7 Å². The molecular weight excluding hydrogens is 172 g/mol. The third-order valence-electron chi connectivity index (χ3n) is 2.06. The van der Waals surface area contributed by atoms with Crippen molar-refractivity contribution in [3.8, 4) is 0 Å². The van der Waals surface area contributed by atoms with Gasteiger partial charge in [0.25, 0.3) is 0 Å². The molecule has 0 aliphatic heterocycles. The summed E-state index contributed by atoms with van der Waals surface area (Å²) < 4.78 is 4.44. The van der Waals surface area contributed by atoms with E-state index in [-0.39, 0.29) is 0 Å². The molecule has 1 aliphatic rings. The number of hydrogen-bond donors (Lipinski definition) is 2. The third kappa shape index (κ3) is 3.16. The van der Waals surface area contributed by atoms with Crippen LogP contribution in [0.3, 0.4) is 0 Å². The van der Waals surface area contributed by atoms with Gasteiger partial charge in [0.2, 0.25) is 0 Å². The Bertz CT molecular complexity index is 210. The first-order valence-electron chi connectivity index (χ1n) is 4.25. The Kier molecular flexibility index (Phi) is 3.45. The molecular formula is C9H14O4. The standard InChI is InChI=1S/C9H14O4/c1-13-9(12)4-6-2-7(10)5-8(11)3-6/h4,7-8,10-11H,2-3,5H2,1H3/t7-,8-/m1/s1. The minimum atomic E-state index is -0.542. The molecule has 4 heteroatoms. The summed E-state index contributed by atoms with van der Waals surface area (Å²) in [5, 5.41) is 18.6. The highest BCUT2D eigenvalue weighted by atomic mass is 16.5. The minimum absolute atomic E-state index is 0.387. The number of carbonyl (C=O) groups excluding carboxylic acids is 1. The molecule has 2 N–H and O–H groups in total. The molecule has 0 bridgehead atoms. The zero-order chi connectivity index (χ0) is 9.84. The lowest BCUT2D eigenvalue weighted by Crippen LogP contribution is -2.25. The van der Waals surface area contributed by atoms with E-state index < -0.39 is 18.2 Å². The summed E-state index contributed by atoms with van der Waals surface area (Å²) in [6.45, 7) is 0. The first kappa shape index (κ1) is 10.2. The molecule has 0 saturated heterocycles. The van der Waals surface area contributed by atoms with Crippen molar-refractivity contribution in [3.63, 3.8) is 0 Å². The second kappa shape index (κ2) is 4.39. The number of aliphatic hydroxyl groups is 2. The molecule has 1 saturated carbocycles. The Hall–Kier alpha value is -0.870. The highest BCUT2D eigenvalue weighted by molar-refractivity contribution is 5.82. The van der Waals surface area contributed by atoms with Crippen LogP contribution in [0.25, 0.3) is 0 Å². The largest absolute Gasteiger partial charge is 0.466 e. The number of rotatable bonds is 1. The Morgan fingerprint density at radius 3 is 2.46 bits per heavy atom. The fourth-order valence-electron chi connectivity index (χ4n) is 1.51. The lowest BCUT2D eigenvalue weighted by Gasteiger charge is -2.24. The van der Waals surface area contributed by atoms with Crippen LogP contribution in [0.1, 0.15) is 19.3 Å². The number of ether oxygens (including phenoxy) is 1. The van der Waals surface area contributed by atoms with E-state index >= 15 is 0 Å². The molecule has 0 amide bonds. The van der Waals surface area contributed by atoms with Crippen molar-refractivity contribution in [2.45, 2.75) is 31.5 Å². The number of aliphatic hydroxyl groups excluding tert-OH is 2. The topological polar surface area (TPSA) is 66.8 Å². The maximum absolute atomic E-state index is 10.8. The molecule has 1 aliphatic carbocycles. The van der Waals surface area contributed by atoms with Crippen LogP contribution in [0, 0.1) is 0 Å². The van der Waals surface area contributed by atoms with Gasteiger partial charge in [-0.15, -0.1) is 0 Å². The fraction of sp³-hybridized carbons (Fsp3) is 0.667. The smallest absolute Gasteiger partial charge is 0.330 e. The molecule has 1 rings (SSSR count). The van der Waals surface area contributed by atoms with E-state index in [2.05, 4.69) is 4.74 Å². The Balaban J connectivity index is 2.59. The average molecular weight is 186 g/mol. The molecule has 74 valence electrons. The van der Waals surface area contributed by atoms with Gasteiger partial charge in [0, 0.05) is 6.08 Å². The van der Waals surface area contributed by atoms with Gasteiger partial charge in [-0.25, -0.2) is 4.79 Å². The van der Waals surface area contributed by atoms with E-state index in [1.165, 1.54) is 13.2 Å². The quantitative estimate of drug-likeness (QED) is 0.446. The Morgan fingerprint density at radius 1 is 1.46 bits per heavy atom. The van der Waals surface area contributed by atoms with Gasteiger partial charge in [-0.2, -0.15) is 0 Å². The van der Waals surface area contributed by atoms with Crippen LogP contribution in [-0.4, -0.2) is 35.5 Å². The predicted molar refractivity (Wildman–Crippen MR) is 46.0 cm³/mol. The fourth-order valence-corrected chi connectivity index (χ4v) is 1.51. The second-order valence-electron chi connectivity index (χ2n) is 3.28. The SMILES string of the molecule is COC(=O)C=C1C[C@@H](O)C[C@H](O)C1. The first-order chi connectivity index (χ1) is 6.11. The number of hydrogen-bond acceptors (Lipinski definition) is 4. The molecule has 13 heavy (non-hydrogen) atoms. The summed E-state index contributed by atoms with van der Waals surface area (Å²) >= 11 is 0. The number of carbonyl (C=O) groups is 1. The Morgan fingerprint density at radius 2 is 2.00 bits per heavy atom. The number of esters is 1. The summed E-state index contributed by atoms with van der Waals surface area (Å²) in [6.07, 6.45) is 1.54. The van der Waals surface area contributed by atoms with Crippen LogP contribution in [0.5, 0.6) is 0 Å². The molecule has 0 spiro atoms. The van der Waals surface area contributed by atoms with Crippen LogP contribution >= 0.6 is 0 Å². The molecule has 0 aromatic rings. The molecule has 4 nitrogen and oxygen atoms in total. The van der Waals surface area contributed by atoms with Crippen LogP contribution in [0.2, 0.25) is 0 Å². The van der Waals surface area contributed by atoms with Crippen molar-refractivity contribution in [2.24, 2.45) is 0 Å². The summed E-state index contributed by atoms with van der Waals surface area (Å²) in [7, 11) is 1.30. The van der Waals surface area contributed by atoms with Gasteiger partial charge < -0.3 is 14.9 Å². The molecule has 0 aromatic carbocycles. The second-order valence-corrected chi connectivity index (χ2v) is 3.28. The van der Waals surface area contributed by atoms with E-state index in [0.29, 0.717) is 19.3 Å². The van der Waals surface area contributed by atoms with E-state index in [9.17, 15) is 15.0 Å². The molecule has 0 unspecified atom stereocenters. The molecule has 1 fully saturated rings. The van der Waals surface area contributed by atoms with Crippen LogP contribution in [-0.2, 0) is 9.53 Å². The zero-order valence-corrected chi connectivity index (χ0v) is 7.56. The average Bonchev–Trinajstić information content (AvgIpc) is 2.02. The van der Waals surface area contributed by atoms with Crippen molar-refractivity contribution in [3.05, 3.63) is 11.6 Å². The highest BCUT2D eigenvalue weighted by Crippen LogP contribution is 2.23. The van der Waals surface area contributed by atoms with E-state index in [1.54, 1.807) is 0 Å². The number of methoxy groups -OCH3 is 1. The molecule has 2 atom stereocenters. The maximum Gasteiger partial charge on any atom is 0.330 e. The predicted octanol–water partition coefficient (Wildman–Crippen LogP) is -0.00850. The van der Waals surface area contributed by atoms with Gasteiger partial charge in [0.05, 0.1) is 19.3 Å². The van der Waals surface area contributed by atoms with Crippen LogP contribution < -0.4 is 0 Å². The van der Waals surface area contributed by atoms with Crippen molar-refractivity contribution in [1.29, 1.82) is 0 Å². The van der Waals surface area contributed by atoms with Gasteiger partial charge in [-0.1, -0.05) is 5.57 Å². The van der Waals surface area contributed by atoms with Crippen LogP contribution in [0.15, 0.2) is 11.6 Å². The van der Waals surface area contributed by atoms with Gasteiger partial charge >= 0.3 is 5.97 Å². The lowest BCUT2D eigenvalue weighted by atomic mass is 9.90. The monoisotopic (exact) mass is 186 g/mol. The van der Waals surface area contributed by atoms with Gasteiger partial charge in [0.15, 0.2) is 0 Å². The zero-order valence-electron chi connectivity index (χ0n) is 7.56. The molecule has 0 heterocycles. The first-order valence-corrected chi connectivity index (χ1v) is 4.25. The van der Waals surface area contributed by atoms with Gasteiger partial charge in [-0.05, 0) is 19.3 Å². The normalized spacial score (nSPS) is 28.4. The summed E-state index contributed by atoms with van der Waals surface area (Å²) in [6, 6.07) is 0. The van der Waals surface area contributed by atoms with Gasteiger partial charge in [0.1, 0.15) is 0 Å². The summed E-state index contributed by atoms with van der Waals surface area (Å²) in [4.78, 5) is 10.8. The third-order valence-corrected chi connectivity index (χ3v) is 2.06. The molecule has 0 aromatic heterocycles. The van der Waals surface area contributed by atoms with Gasteiger partial charge in [-0.3, -0.25) is 0 Å². The van der Waals surface area contributed by atoms with Crippen LogP contribution in [0.4, 0.5) is 0 Å². The minimum Gasteiger partial charge on any atom is -0.466 e. The van der Waals surface area contributed by atoms with Crippen molar-refractivity contribution in [1.82, 2.24) is 0 Å². The molecule has 0 radical (unpaired) electrons. The van der Waals surface area contributed by atoms with Crippen molar-refractivity contribution >= 4 is 5.97 Å². The Labute approximate surface area is 76.8 Å². The maximum atomic E-state index is 10.8.